The van der Waals surface area contributed by atoms with Crippen LogP contribution in [0.3, 0.4) is 0 Å². The zero-order valence-electron chi connectivity index (χ0n) is 22.3. The van der Waals surface area contributed by atoms with Gasteiger partial charge in [0, 0.05) is 56.8 Å². The van der Waals surface area contributed by atoms with Gasteiger partial charge in [-0.15, -0.1) is 0 Å². The van der Waals surface area contributed by atoms with Crippen LogP contribution < -0.4 is 4.90 Å². The van der Waals surface area contributed by atoms with Gasteiger partial charge in [-0.25, -0.2) is 9.97 Å². The highest BCUT2D eigenvalue weighted by Gasteiger charge is 2.33. The van der Waals surface area contributed by atoms with Crippen LogP contribution in [-0.4, -0.2) is 64.9 Å². The maximum atomic E-state index is 13.5. The lowest BCUT2D eigenvalue weighted by Crippen LogP contribution is -2.52. The summed E-state index contributed by atoms with van der Waals surface area (Å²) < 4.78 is 0. The number of piperazine rings is 1. The first kappa shape index (κ1) is 25.3. The third-order valence-corrected chi connectivity index (χ3v) is 8.11. The van der Waals surface area contributed by atoms with Gasteiger partial charge in [-0.3, -0.25) is 9.69 Å². The van der Waals surface area contributed by atoms with Gasteiger partial charge in [-0.1, -0.05) is 91.0 Å². The zero-order chi connectivity index (χ0) is 26.4. The largest absolute Gasteiger partial charge is 0.356 e. The van der Waals surface area contributed by atoms with Crippen LogP contribution >= 0.6 is 0 Å². The van der Waals surface area contributed by atoms with Crippen LogP contribution in [0.25, 0.3) is 11.3 Å². The van der Waals surface area contributed by atoms with E-state index in [2.05, 4.69) is 104 Å². The summed E-state index contributed by atoms with van der Waals surface area (Å²) in [6, 6.07) is 33.9. The molecule has 6 heteroatoms. The number of hydrogen-bond donors (Lipinski definition) is 0. The molecule has 0 radical (unpaired) electrons. The molecule has 198 valence electrons. The highest BCUT2D eigenvalue weighted by atomic mass is 16.2. The van der Waals surface area contributed by atoms with Crippen molar-refractivity contribution >= 4 is 11.7 Å². The molecular formula is C33H35N5O. The van der Waals surface area contributed by atoms with Gasteiger partial charge < -0.3 is 9.80 Å². The molecule has 6 nitrogen and oxygen atoms in total. The first-order valence-corrected chi connectivity index (χ1v) is 14.0. The molecule has 0 N–H and O–H groups in total. The number of piperidine rings is 1. The van der Waals surface area contributed by atoms with E-state index in [1.807, 2.05) is 18.2 Å². The summed E-state index contributed by atoms with van der Waals surface area (Å²) in [5.74, 6) is 1.34. The maximum absolute atomic E-state index is 13.5. The molecule has 0 unspecified atom stereocenters. The van der Waals surface area contributed by atoms with Crippen LogP contribution in [0, 0.1) is 5.92 Å². The molecular weight excluding hydrogens is 482 g/mol. The third-order valence-electron chi connectivity index (χ3n) is 8.11. The van der Waals surface area contributed by atoms with E-state index in [1.165, 1.54) is 11.1 Å². The van der Waals surface area contributed by atoms with E-state index in [4.69, 9.17) is 0 Å². The van der Waals surface area contributed by atoms with Crippen molar-refractivity contribution in [3.05, 3.63) is 115 Å². The summed E-state index contributed by atoms with van der Waals surface area (Å²) in [5, 5.41) is 0. The third kappa shape index (κ3) is 5.71. The highest BCUT2D eigenvalue weighted by molar-refractivity contribution is 5.79. The van der Waals surface area contributed by atoms with E-state index in [9.17, 15) is 4.79 Å². The van der Waals surface area contributed by atoms with Crippen LogP contribution in [0.2, 0.25) is 0 Å². The molecule has 4 aromatic rings. The first-order valence-electron chi connectivity index (χ1n) is 14.0. The van der Waals surface area contributed by atoms with Crippen LogP contribution in [0.15, 0.2) is 103 Å². The number of carbonyl (C=O) groups is 1. The maximum Gasteiger partial charge on any atom is 0.225 e. The van der Waals surface area contributed by atoms with Gasteiger partial charge in [0.25, 0.3) is 0 Å². The first-order chi connectivity index (χ1) is 19.3. The van der Waals surface area contributed by atoms with Crippen LogP contribution in [-0.2, 0) is 4.79 Å². The average molecular weight is 518 g/mol. The fourth-order valence-corrected chi connectivity index (χ4v) is 5.99. The van der Waals surface area contributed by atoms with Crippen LogP contribution in [0.5, 0.6) is 0 Å². The van der Waals surface area contributed by atoms with Crippen LogP contribution in [0.4, 0.5) is 5.82 Å². The summed E-state index contributed by atoms with van der Waals surface area (Å²) in [7, 11) is 0. The number of amides is 1. The van der Waals surface area contributed by atoms with Crippen molar-refractivity contribution in [1.82, 2.24) is 19.8 Å². The predicted molar refractivity (Wildman–Crippen MR) is 155 cm³/mol. The normalized spacial score (nSPS) is 16.9. The number of aromatic nitrogens is 2. The van der Waals surface area contributed by atoms with Gasteiger partial charge in [-0.2, -0.15) is 0 Å². The van der Waals surface area contributed by atoms with Crippen molar-refractivity contribution in [2.75, 3.05) is 44.2 Å². The van der Waals surface area contributed by atoms with E-state index < -0.39 is 0 Å². The molecule has 1 amide bonds. The molecule has 0 spiro atoms. The zero-order valence-corrected chi connectivity index (χ0v) is 22.3. The van der Waals surface area contributed by atoms with E-state index >= 15 is 0 Å². The number of hydrogen-bond acceptors (Lipinski definition) is 5. The smallest absolute Gasteiger partial charge is 0.225 e. The highest BCUT2D eigenvalue weighted by Crippen LogP contribution is 2.31. The number of nitrogens with zero attached hydrogens (tertiary/aromatic N) is 5. The second kappa shape index (κ2) is 11.8. The molecule has 0 atom stereocenters. The van der Waals surface area contributed by atoms with E-state index in [0.717, 1.165) is 69.2 Å². The van der Waals surface area contributed by atoms with Crippen molar-refractivity contribution in [3.8, 4) is 11.3 Å². The molecule has 3 aromatic carbocycles. The Morgan fingerprint density at radius 3 is 1.85 bits per heavy atom. The fourth-order valence-electron chi connectivity index (χ4n) is 5.99. The van der Waals surface area contributed by atoms with Gasteiger partial charge in [-0.05, 0) is 24.0 Å². The quantitative estimate of drug-likeness (QED) is 0.348. The van der Waals surface area contributed by atoms with Gasteiger partial charge in [0.1, 0.15) is 12.1 Å². The molecule has 1 aromatic heterocycles. The summed E-state index contributed by atoms with van der Waals surface area (Å²) in [4.78, 5) is 29.4. The number of carbonyl (C=O) groups excluding carboxylic acids is 1. The molecule has 0 bridgehead atoms. The minimum absolute atomic E-state index is 0.0854. The Morgan fingerprint density at radius 1 is 0.692 bits per heavy atom. The monoisotopic (exact) mass is 517 g/mol. The van der Waals surface area contributed by atoms with Crippen molar-refractivity contribution in [2.24, 2.45) is 5.92 Å². The average Bonchev–Trinajstić information content (AvgIpc) is 3.03. The number of rotatable bonds is 6. The van der Waals surface area contributed by atoms with Crippen LogP contribution in [0.1, 0.15) is 30.0 Å². The van der Waals surface area contributed by atoms with E-state index in [0.29, 0.717) is 5.91 Å². The lowest BCUT2D eigenvalue weighted by atomic mass is 9.94. The Hall–Kier alpha value is -4.03. The SMILES string of the molecule is O=C(C1CCN(c2cc(-c3ccccc3)ncn2)CC1)N1CCN(C(c2ccccc2)c2ccccc2)CC1. The Labute approximate surface area is 230 Å². The second-order valence-corrected chi connectivity index (χ2v) is 10.5. The van der Waals surface area contributed by atoms with Crippen molar-refractivity contribution in [1.29, 1.82) is 0 Å². The molecule has 3 heterocycles. The van der Waals surface area contributed by atoms with E-state index in [1.54, 1.807) is 6.33 Å². The van der Waals surface area contributed by atoms with Crippen molar-refractivity contribution in [2.45, 2.75) is 18.9 Å². The Balaban J connectivity index is 1.06. The summed E-state index contributed by atoms with van der Waals surface area (Å²) in [6.45, 7) is 4.99. The Kier molecular flexibility index (Phi) is 7.63. The minimum Gasteiger partial charge on any atom is -0.356 e. The van der Waals surface area contributed by atoms with Gasteiger partial charge in [0.2, 0.25) is 5.91 Å². The predicted octanol–water partition coefficient (Wildman–Crippen LogP) is 5.29. The molecule has 6 rings (SSSR count). The van der Waals surface area contributed by atoms with Crippen molar-refractivity contribution < 1.29 is 4.79 Å². The fraction of sp³-hybridized carbons (Fsp3) is 0.303. The number of anilines is 1. The molecule has 2 fully saturated rings. The molecule has 0 aliphatic carbocycles. The summed E-state index contributed by atoms with van der Waals surface area (Å²) in [6.07, 6.45) is 3.37. The minimum atomic E-state index is 0.0854. The topological polar surface area (TPSA) is 52.6 Å². The molecule has 2 aliphatic rings. The lowest BCUT2D eigenvalue weighted by molar-refractivity contribution is -0.138. The van der Waals surface area contributed by atoms with Gasteiger partial charge >= 0.3 is 0 Å². The molecule has 2 aliphatic heterocycles. The van der Waals surface area contributed by atoms with Crippen molar-refractivity contribution in [3.63, 3.8) is 0 Å². The second-order valence-electron chi connectivity index (χ2n) is 10.5. The van der Waals surface area contributed by atoms with Gasteiger partial charge in [0.05, 0.1) is 11.7 Å². The van der Waals surface area contributed by atoms with Gasteiger partial charge in [0.15, 0.2) is 0 Å². The molecule has 39 heavy (non-hydrogen) atoms. The Morgan fingerprint density at radius 2 is 1.26 bits per heavy atom. The Bertz CT molecular complexity index is 1310. The lowest BCUT2D eigenvalue weighted by Gasteiger charge is -2.41. The summed E-state index contributed by atoms with van der Waals surface area (Å²) in [5.41, 5.74) is 4.63. The van der Waals surface area contributed by atoms with E-state index in [-0.39, 0.29) is 12.0 Å². The number of benzene rings is 3. The molecule has 2 saturated heterocycles. The standard InChI is InChI=1S/C33H35N5O/c39-33(29-16-18-36(19-17-29)31-24-30(34-25-35-31)26-10-4-1-5-11-26)38-22-20-37(21-23-38)32(27-12-6-2-7-13-27)28-14-8-3-9-15-28/h1-15,24-25,29,32H,16-23H2. The molecule has 0 saturated carbocycles. The summed E-state index contributed by atoms with van der Waals surface area (Å²) >= 11 is 0.